The van der Waals surface area contributed by atoms with Crippen LogP contribution in [0.3, 0.4) is 0 Å². The van der Waals surface area contributed by atoms with Crippen LogP contribution in [-0.2, 0) is 11.2 Å². The number of carbonyl (C=O) groups excluding carboxylic acids is 1. The Balaban J connectivity index is 2.82. The Bertz CT molecular complexity index is 297. The average molecular weight is 243 g/mol. The van der Waals surface area contributed by atoms with Gasteiger partial charge in [-0.05, 0) is 40.0 Å². The minimum Gasteiger partial charge on any atom is -0.450 e. The number of carbonyl (C=O) groups is 1. The van der Waals surface area contributed by atoms with Crippen LogP contribution in [0.4, 0.5) is 0 Å². The van der Waals surface area contributed by atoms with E-state index in [1.54, 1.807) is 6.07 Å². The number of hydrogen-bond acceptors (Lipinski definition) is 2. The predicted octanol–water partition coefficient (Wildman–Crippen LogP) is 2.76. The molecule has 0 aliphatic carbocycles. The van der Waals surface area contributed by atoms with Crippen LogP contribution in [-0.4, -0.2) is 11.5 Å². The zero-order chi connectivity index (χ0) is 9.68. The first-order chi connectivity index (χ1) is 6.27. The van der Waals surface area contributed by atoms with Gasteiger partial charge in [-0.2, -0.15) is 0 Å². The lowest BCUT2D eigenvalue weighted by Crippen LogP contribution is -2.03. The van der Waals surface area contributed by atoms with Crippen LogP contribution in [0.2, 0.25) is 0 Å². The molecule has 0 fully saturated rings. The van der Waals surface area contributed by atoms with Gasteiger partial charge in [-0.1, -0.05) is 19.1 Å². The minimum absolute atomic E-state index is 0.238. The highest BCUT2D eigenvalue weighted by Crippen LogP contribution is 2.07. The van der Waals surface area contributed by atoms with Gasteiger partial charge in [-0.3, -0.25) is 0 Å². The molecule has 70 valence electrons. The Morgan fingerprint density at radius 3 is 2.92 bits per heavy atom. The molecule has 0 saturated heterocycles. The van der Waals surface area contributed by atoms with Crippen molar-refractivity contribution in [2.45, 2.75) is 13.3 Å². The highest BCUT2D eigenvalue weighted by Gasteiger charge is 2.05. The summed E-state index contributed by atoms with van der Waals surface area (Å²) in [6, 6.07) is 7.46. The summed E-state index contributed by atoms with van der Waals surface area (Å²) >= 11 is 3.04. The Kier molecular flexibility index (Phi) is 3.96. The molecular weight excluding hydrogens is 232 g/mol. The van der Waals surface area contributed by atoms with Gasteiger partial charge in [0.25, 0.3) is 0 Å². The lowest BCUT2D eigenvalue weighted by atomic mass is 10.1. The van der Waals surface area contributed by atoms with E-state index in [0.29, 0.717) is 5.56 Å². The fourth-order valence-corrected chi connectivity index (χ4v) is 1.26. The van der Waals surface area contributed by atoms with Crippen molar-refractivity contribution in [3.05, 3.63) is 35.4 Å². The smallest absolute Gasteiger partial charge is 0.338 e. The third-order valence-electron chi connectivity index (χ3n) is 1.76. The van der Waals surface area contributed by atoms with Gasteiger partial charge >= 0.3 is 5.97 Å². The molecule has 2 nitrogen and oxygen atoms in total. The second kappa shape index (κ2) is 5.02. The SMILES string of the molecule is CCc1cccc(C(=O)OCBr)c1. The summed E-state index contributed by atoms with van der Waals surface area (Å²) in [6.45, 7) is 2.05. The van der Waals surface area contributed by atoms with E-state index in [1.807, 2.05) is 18.2 Å². The Hall–Kier alpha value is -0.830. The van der Waals surface area contributed by atoms with Crippen molar-refractivity contribution in [3.63, 3.8) is 0 Å². The summed E-state index contributed by atoms with van der Waals surface area (Å²) in [4.78, 5) is 11.3. The van der Waals surface area contributed by atoms with Crippen molar-refractivity contribution in [1.29, 1.82) is 0 Å². The molecule has 0 heterocycles. The first-order valence-electron chi connectivity index (χ1n) is 4.10. The van der Waals surface area contributed by atoms with Crippen LogP contribution in [0.25, 0.3) is 0 Å². The van der Waals surface area contributed by atoms with Crippen LogP contribution < -0.4 is 0 Å². The van der Waals surface area contributed by atoms with Gasteiger partial charge in [0.2, 0.25) is 0 Å². The fourth-order valence-electron chi connectivity index (χ4n) is 1.05. The maximum atomic E-state index is 11.3. The van der Waals surface area contributed by atoms with Crippen LogP contribution in [0.5, 0.6) is 0 Å². The molecule has 0 aromatic heterocycles. The van der Waals surface area contributed by atoms with Gasteiger partial charge in [-0.25, -0.2) is 4.79 Å². The number of benzene rings is 1. The highest BCUT2D eigenvalue weighted by molar-refractivity contribution is 9.09. The molecule has 0 spiro atoms. The van der Waals surface area contributed by atoms with Crippen molar-refractivity contribution in [3.8, 4) is 0 Å². The van der Waals surface area contributed by atoms with E-state index < -0.39 is 0 Å². The third kappa shape index (κ3) is 2.84. The zero-order valence-electron chi connectivity index (χ0n) is 7.42. The van der Waals surface area contributed by atoms with Gasteiger partial charge in [0.05, 0.1) is 5.56 Å². The maximum absolute atomic E-state index is 11.3. The first-order valence-corrected chi connectivity index (χ1v) is 5.22. The van der Waals surface area contributed by atoms with E-state index in [0.717, 1.165) is 12.0 Å². The number of alkyl halides is 1. The molecule has 13 heavy (non-hydrogen) atoms. The molecule has 0 aliphatic heterocycles. The number of esters is 1. The van der Waals surface area contributed by atoms with Crippen LogP contribution in [0.15, 0.2) is 24.3 Å². The number of aryl methyl sites for hydroxylation is 1. The topological polar surface area (TPSA) is 26.3 Å². The summed E-state index contributed by atoms with van der Waals surface area (Å²) in [6.07, 6.45) is 0.926. The number of hydrogen-bond donors (Lipinski definition) is 0. The summed E-state index contributed by atoms with van der Waals surface area (Å²) < 4.78 is 4.81. The van der Waals surface area contributed by atoms with E-state index in [2.05, 4.69) is 22.9 Å². The third-order valence-corrected chi connectivity index (χ3v) is 1.99. The molecule has 0 N–H and O–H groups in total. The normalized spacial score (nSPS) is 9.69. The van der Waals surface area contributed by atoms with Crippen LogP contribution in [0.1, 0.15) is 22.8 Å². The molecule has 0 unspecified atom stereocenters. The van der Waals surface area contributed by atoms with Gasteiger partial charge in [0.15, 0.2) is 0 Å². The van der Waals surface area contributed by atoms with Crippen LogP contribution in [0, 0.1) is 0 Å². The second-order valence-electron chi connectivity index (χ2n) is 2.59. The molecule has 1 aromatic rings. The minimum atomic E-state index is -0.285. The highest BCUT2D eigenvalue weighted by atomic mass is 79.9. The number of ether oxygens (including phenoxy) is 1. The van der Waals surface area contributed by atoms with Gasteiger partial charge in [-0.15, -0.1) is 0 Å². The second-order valence-corrected chi connectivity index (χ2v) is 3.05. The maximum Gasteiger partial charge on any atom is 0.338 e. The molecule has 0 saturated carbocycles. The molecule has 0 atom stereocenters. The molecule has 1 aromatic carbocycles. The molecule has 0 radical (unpaired) electrons. The molecule has 0 aliphatic rings. The lowest BCUT2D eigenvalue weighted by Gasteiger charge is -2.02. The summed E-state index contributed by atoms with van der Waals surface area (Å²) in [5.74, 6) is -0.285. The van der Waals surface area contributed by atoms with Crippen molar-refractivity contribution >= 4 is 21.9 Å². The van der Waals surface area contributed by atoms with Crippen molar-refractivity contribution in [2.24, 2.45) is 0 Å². The Labute approximate surface area is 86.0 Å². The van der Waals surface area contributed by atoms with E-state index in [-0.39, 0.29) is 11.5 Å². The van der Waals surface area contributed by atoms with Gasteiger partial charge < -0.3 is 4.74 Å². The molecule has 0 bridgehead atoms. The van der Waals surface area contributed by atoms with Crippen molar-refractivity contribution < 1.29 is 9.53 Å². The van der Waals surface area contributed by atoms with E-state index in [9.17, 15) is 4.79 Å². The summed E-state index contributed by atoms with van der Waals surface area (Å²) in [7, 11) is 0. The molecule has 1 rings (SSSR count). The van der Waals surface area contributed by atoms with E-state index in [1.165, 1.54) is 0 Å². The quantitative estimate of drug-likeness (QED) is 0.602. The fraction of sp³-hybridized carbons (Fsp3) is 0.300. The molecule has 0 amide bonds. The predicted molar refractivity (Wildman–Crippen MR) is 55.0 cm³/mol. The zero-order valence-corrected chi connectivity index (χ0v) is 9.00. The van der Waals surface area contributed by atoms with Gasteiger partial charge in [0, 0.05) is 0 Å². The summed E-state index contributed by atoms with van der Waals surface area (Å²) in [5, 5.41) is 0. The van der Waals surface area contributed by atoms with Crippen molar-refractivity contribution in [2.75, 3.05) is 5.52 Å². The monoisotopic (exact) mass is 242 g/mol. The van der Waals surface area contributed by atoms with Crippen molar-refractivity contribution in [1.82, 2.24) is 0 Å². The molecular formula is C10H11BrO2. The lowest BCUT2D eigenvalue weighted by molar-refractivity contribution is 0.0584. The van der Waals surface area contributed by atoms with E-state index in [4.69, 9.17) is 4.74 Å². The molecule has 3 heteroatoms. The Morgan fingerprint density at radius 2 is 2.31 bits per heavy atom. The van der Waals surface area contributed by atoms with Crippen LogP contribution >= 0.6 is 15.9 Å². The Morgan fingerprint density at radius 1 is 1.54 bits per heavy atom. The van der Waals surface area contributed by atoms with Gasteiger partial charge in [0.1, 0.15) is 5.52 Å². The number of halogens is 1. The number of rotatable bonds is 3. The standard InChI is InChI=1S/C10H11BrO2/c1-2-8-4-3-5-9(6-8)10(12)13-7-11/h3-6H,2,7H2,1H3. The van der Waals surface area contributed by atoms with E-state index >= 15 is 0 Å². The summed E-state index contributed by atoms with van der Waals surface area (Å²) in [5.41, 5.74) is 1.99. The largest absolute Gasteiger partial charge is 0.450 e. The average Bonchev–Trinajstić information content (AvgIpc) is 2.18. The first kappa shape index (κ1) is 10.3.